The van der Waals surface area contributed by atoms with Crippen LogP contribution in [-0.2, 0) is 16.0 Å². The molecule has 1 rings (SSSR count). The Bertz CT molecular complexity index is 476. The highest BCUT2D eigenvalue weighted by Gasteiger charge is 2.09. The van der Waals surface area contributed by atoms with Gasteiger partial charge in [0.1, 0.15) is 0 Å². The Balaban J connectivity index is 2.29. The van der Waals surface area contributed by atoms with Gasteiger partial charge >= 0.3 is 5.97 Å². The fraction of sp³-hybridized carbons (Fsp3) is 0.600. The number of unbranched alkanes of at least 4 members (excludes halogenated alkanes) is 1. The molecule has 3 heteroatoms. The number of esters is 1. The van der Waals surface area contributed by atoms with Crippen molar-refractivity contribution in [1.29, 1.82) is 0 Å². The van der Waals surface area contributed by atoms with E-state index in [0.29, 0.717) is 31.8 Å². The first-order chi connectivity index (χ1) is 11.1. The predicted octanol–water partition coefficient (Wildman–Crippen LogP) is 4.97. The van der Waals surface area contributed by atoms with Crippen LogP contribution in [0.5, 0.6) is 0 Å². The van der Waals surface area contributed by atoms with Crippen molar-refractivity contribution in [3.05, 3.63) is 35.4 Å². The number of carbonyl (C=O) groups is 2. The van der Waals surface area contributed by atoms with Gasteiger partial charge in [-0.25, -0.2) is 0 Å². The van der Waals surface area contributed by atoms with Crippen LogP contribution in [-0.4, -0.2) is 18.4 Å². The molecule has 1 atom stereocenters. The summed E-state index contributed by atoms with van der Waals surface area (Å²) in [7, 11) is 0. The molecule has 0 bridgehead atoms. The molecule has 3 nitrogen and oxygen atoms in total. The van der Waals surface area contributed by atoms with E-state index >= 15 is 0 Å². The van der Waals surface area contributed by atoms with Gasteiger partial charge in [0, 0.05) is 18.4 Å². The SMILES string of the molecule is CCCCc1ccc(C(=O)CCCC(=O)OCC(C)CC)cc1. The van der Waals surface area contributed by atoms with Crippen LogP contribution in [0, 0.1) is 5.92 Å². The van der Waals surface area contributed by atoms with E-state index in [4.69, 9.17) is 4.74 Å². The molecule has 0 spiro atoms. The van der Waals surface area contributed by atoms with Crippen LogP contribution < -0.4 is 0 Å². The van der Waals surface area contributed by atoms with Crippen LogP contribution in [0.3, 0.4) is 0 Å². The first kappa shape index (κ1) is 19.4. The van der Waals surface area contributed by atoms with Crippen LogP contribution >= 0.6 is 0 Å². The lowest BCUT2D eigenvalue weighted by molar-refractivity contribution is -0.144. The second-order valence-corrected chi connectivity index (χ2v) is 6.27. The van der Waals surface area contributed by atoms with E-state index in [9.17, 15) is 9.59 Å². The fourth-order valence-corrected chi connectivity index (χ4v) is 2.20. The number of hydrogen-bond donors (Lipinski definition) is 0. The summed E-state index contributed by atoms with van der Waals surface area (Å²) in [5.41, 5.74) is 2.01. The normalized spacial score (nSPS) is 12.0. The van der Waals surface area contributed by atoms with Crippen molar-refractivity contribution < 1.29 is 14.3 Å². The van der Waals surface area contributed by atoms with Crippen molar-refractivity contribution in [3.8, 4) is 0 Å². The van der Waals surface area contributed by atoms with Gasteiger partial charge in [0.05, 0.1) is 6.61 Å². The third-order valence-electron chi connectivity index (χ3n) is 4.11. The molecule has 0 heterocycles. The van der Waals surface area contributed by atoms with Crippen molar-refractivity contribution in [2.24, 2.45) is 5.92 Å². The van der Waals surface area contributed by atoms with Gasteiger partial charge in [0.2, 0.25) is 0 Å². The van der Waals surface area contributed by atoms with E-state index in [1.807, 2.05) is 24.3 Å². The summed E-state index contributed by atoms with van der Waals surface area (Å²) < 4.78 is 5.19. The lowest BCUT2D eigenvalue weighted by atomic mass is 10.0. The maximum atomic E-state index is 12.1. The molecule has 23 heavy (non-hydrogen) atoms. The minimum Gasteiger partial charge on any atom is -0.465 e. The summed E-state index contributed by atoms with van der Waals surface area (Å²) in [4.78, 5) is 23.7. The molecule has 0 fully saturated rings. The highest BCUT2D eigenvalue weighted by Crippen LogP contribution is 2.12. The zero-order chi connectivity index (χ0) is 17.1. The molecule has 0 aliphatic carbocycles. The summed E-state index contributed by atoms with van der Waals surface area (Å²) in [6.07, 6.45) is 5.67. The molecule has 1 aromatic rings. The van der Waals surface area contributed by atoms with Crippen LogP contribution in [0.4, 0.5) is 0 Å². The number of carbonyl (C=O) groups excluding carboxylic acids is 2. The van der Waals surface area contributed by atoms with Gasteiger partial charge in [0.15, 0.2) is 5.78 Å². The lowest BCUT2D eigenvalue weighted by Gasteiger charge is -2.09. The third kappa shape index (κ3) is 7.96. The van der Waals surface area contributed by atoms with E-state index < -0.39 is 0 Å². The number of ether oxygens (including phenoxy) is 1. The number of hydrogen-bond acceptors (Lipinski definition) is 3. The topological polar surface area (TPSA) is 43.4 Å². The molecule has 0 amide bonds. The molecule has 0 aliphatic rings. The van der Waals surface area contributed by atoms with Gasteiger partial charge in [-0.05, 0) is 30.7 Å². The molecule has 0 radical (unpaired) electrons. The van der Waals surface area contributed by atoms with Gasteiger partial charge in [-0.3, -0.25) is 9.59 Å². The zero-order valence-electron chi connectivity index (χ0n) is 14.8. The fourth-order valence-electron chi connectivity index (χ4n) is 2.20. The number of ketones is 1. The van der Waals surface area contributed by atoms with E-state index in [1.165, 1.54) is 18.4 Å². The third-order valence-corrected chi connectivity index (χ3v) is 4.11. The predicted molar refractivity (Wildman–Crippen MR) is 93.6 cm³/mol. The number of aryl methyl sites for hydroxylation is 1. The molecule has 128 valence electrons. The Kier molecular flexibility index (Phi) is 9.27. The highest BCUT2D eigenvalue weighted by atomic mass is 16.5. The first-order valence-electron chi connectivity index (χ1n) is 8.84. The highest BCUT2D eigenvalue weighted by molar-refractivity contribution is 5.96. The van der Waals surface area contributed by atoms with E-state index in [1.54, 1.807) is 0 Å². The minimum atomic E-state index is -0.201. The van der Waals surface area contributed by atoms with Crippen LogP contribution in [0.1, 0.15) is 75.2 Å². The van der Waals surface area contributed by atoms with Gasteiger partial charge < -0.3 is 4.74 Å². The van der Waals surface area contributed by atoms with Crippen molar-refractivity contribution in [2.45, 2.75) is 65.7 Å². The Morgan fingerprint density at radius 1 is 1.04 bits per heavy atom. The number of benzene rings is 1. The van der Waals surface area contributed by atoms with Crippen molar-refractivity contribution in [3.63, 3.8) is 0 Å². The second kappa shape index (κ2) is 11.0. The minimum absolute atomic E-state index is 0.0989. The zero-order valence-corrected chi connectivity index (χ0v) is 14.8. The standard InChI is InChI=1S/C20H30O3/c1-4-6-8-17-11-13-18(14-12-17)19(21)9-7-10-20(22)23-15-16(3)5-2/h11-14,16H,4-10,15H2,1-3H3. The van der Waals surface area contributed by atoms with Crippen molar-refractivity contribution >= 4 is 11.8 Å². The van der Waals surface area contributed by atoms with Gasteiger partial charge in [0.25, 0.3) is 0 Å². The number of Topliss-reactive ketones (excluding diaryl/α,β-unsaturated/α-hetero) is 1. The van der Waals surface area contributed by atoms with E-state index in [-0.39, 0.29) is 11.8 Å². The molecule has 0 aliphatic heterocycles. The lowest BCUT2D eigenvalue weighted by Crippen LogP contribution is -2.11. The average Bonchev–Trinajstić information content (AvgIpc) is 2.58. The monoisotopic (exact) mass is 318 g/mol. The van der Waals surface area contributed by atoms with Gasteiger partial charge in [-0.15, -0.1) is 0 Å². The molecule has 0 aromatic heterocycles. The molecule has 0 saturated heterocycles. The maximum absolute atomic E-state index is 12.1. The Hall–Kier alpha value is -1.64. The molecular weight excluding hydrogens is 288 g/mol. The Labute approximate surface area is 140 Å². The quantitative estimate of drug-likeness (QED) is 0.427. The average molecular weight is 318 g/mol. The smallest absolute Gasteiger partial charge is 0.305 e. The molecule has 1 aromatic carbocycles. The number of rotatable bonds is 11. The molecule has 0 N–H and O–H groups in total. The second-order valence-electron chi connectivity index (χ2n) is 6.27. The van der Waals surface area contributed by atoms with Gasteiger partial charge in [-0.2, -0.15) is 0 Å². The van der Waals surface area contributed by atoms with Crippen molar-refractivity contribution in [1.82, 2.24) is 0 Å². The van der Waals surface area contributed by atoms with Crippen LogP contribution in [0.2, 0.25) is 0 Å². The Morgan fingerprint density at radius 2 is 1.74 bits per heavy atom. The van der Waals surface area contributed by atoms with Crippen molar-refractivity contribution in [2.75, 3.05) is 6.61 Å². The largest absolute Gasteiger partial charge is 0.465 e. The maximum Gasteiger partial charge on any atom is 0.305 e. The van der Waals surface area contributed by atoms with E-state index in [2.05, 4.69) is 20.8 Å². The first-order valence-corrected chi connectivity index (χ1v) is 8.84. The molecule has 1 unspecified atom stereocenters. The summed E-state index contributed by atoms with van der Waals surface area (Å²) in [5.74, 6) is 0.293. The van der Waals surface area contributed by atoms with Crippen LogP contribution in [0.15, 0.2) is 24.3 Å². The van der Waals surface area contributed by atoms with Gasteiger partial charge in [-0.1, -0.05) is 57.9 Å². The van der Waals surface area contributed by atoms with E-state index in [0.717, 1.165) is 18.4 Å². The summed E-state index contributed by atoms with van der Waals surface area (Å²) in [5, 5.41) is 0. The summed E-state index contributed by atoms with van der Waals surface area (Å²) in [6.45, 7) is 6.78. The summed E-state index contributed by atoms with van der Waals surface area (Å²) in [6, 6.07) is 7.86. The Morgan fingerprint density at radius 3 is 2.35 bits per heavy atom. The molecular formula is C20H30O3. The molecule has 0 saturated carbocycles. The van der Waals surface area contributed by atoms with Crippen LogP contribution in [0.25, 0.3) is 0 Å². The summed E-state index contributed by atoms with van der Waals surface area (Å²) >= 11 is 0.